The van der Waals surface area contributed by atoms with Crippen LogP contribution >= 0.6 is 0 Å². The maximum atomic E-state index is 4.11. The van der Waals surface area contributed by atoms with Gasteiger partial charge in [0.1, 0.15) is 6.04 Å². The monoisotopic (exact) mass is 289 g/mol. The molecule has 0 saturated heterocycles. The van der Waals surface area contributed by atoms with Crippen LogP contribution in [0.3, 0.4) is 0 Å². The molecule has 108 valence electrons. The van der Waals surface area contributed by atoms with Crippen LogP contribution in [0.2, 0.25) is 0 Å². The van der Waals surface area contributed by atoms with Crippen molar-refractivity contribution in [2.24, 2.45) is 0 Å². The maximum Gasteiger partial charge on any atom is 0.248 e. The number of aromatic nitrogens is 4. The van der Waals surface area contributed by atoms with Crippen molar-refractivity contribution >= 4 is 11.6 Å². The highest BCUT2D eigenvalue weighted by Gasteiger charge is 2.23. The largest absolute Gasteiger partial charge is 0.323 e. The van der Waals surface area contributed by atoms with Crippen LogP contribution in [0.4, 0.5) is 5.95 Å². The Kier molecular flexibility index (Phi) is 2.96. The summed E-state index contributed by atoms with van der Waals surface area (Å²) in [5.41, 5.74) is 4.55. The Labute approximate surface area is 128 Å². The quantitative estimate of drug-likeness (QED) is 0.788. The summed E-state index contributed by atoms with van der Waals surface area (Å²) in [4.78, 5) is 0. The van der Waals surface area contributed by atoms with E-state index in [1.165, 1.54) is 5.56 Å². The standard InChI is InChI=1S/C17H15N5/c1-12-7-9-13(10-8-12)15-11-16(14-5-3-2-4-6-14)22-17(18-15)19-20-21-22/h2-11,16H,1H3,(H,18,19,21). The highest BCUT2D eigenvalue weighted by molar-refractivity contribution is 5.77. The number of hydrogen-bond acceptors (Lipinski definition) is 4. The van der Waals surface area contributed by atoms with Crippen LogP contribution in [0.15, 0.2) is 60.7 Å². The normalized spacial score (nSPS) is 16.6. The Morgan fingerprint density at radius 1 is 1.00 bits per heavy atom. The van der Waals surface area contributed by atoms with Crippen LogP contribution in [-0.4, -0.2) is 20.2 Å². The summed E-state index contributed by atoms with van der Waals surface area (Å²) in [5.74, 6) is 0.659. The fraction of sp³-hybridized carbons (Fsp3) is 0.118. The molecule has 1 atom stereocenters. The molecule has 0 aliphatic carbocycles. The number of anilines is 1. The highest BCUT2D eigenvalue weighted by atomic mass is 15.6. The van der Waals surface area contributed by atoms with Gasteiger partial charge in [0, 0.05) is 5.70 Å². The van der Waals surface area contributed by atoms with Crippen LogP contribution in [0.25, 0.3) is 5.70 Å². The number of allylic oxidation sites excluding steroid dienone is 1. The summed E-state index contributed by atoms with van der Waals surface area (Å²) in [5, 5.41) is 15.3. The zero-order chi connectivity index (χ0) is 14.9. The topological polar surface area (TPSA) is 55.6 Å². The number of nitrogens with zero attached hydrogens (tertiary/aromatic N) is 4. The van der Waals surface area contributed by atoms with Crippen molar-refractivity contribution in [3.63, 3.8) is 0 Å². The van der Waals surface area contributed by atoms with Crippen molar-refractivity contribution < 1.29 is 0 Å². The summed E-state index contributed by atoms with van der Waals surface area (Å²) < 4.78 is 1.80. The van der Waals surface area contributed by atoms with Crippen molar-refractivity contribution in [3.05, 3.63) is 77.4 Å². The molecule has 2 aromatic carbocycles. The molecule has 1 unspecified atom stereocenters. The van der Waals surface area contributed by atoms with Gasteiger partial charge >= 0.3 is 0 Å². The Hall–Kier alpha value is -2.95. The Morgan fingerprint density at radius 3 is 2.55 bits per heavy atom. The molecule has 4 rings (SSSR count). The lowest BCUT2D eigenvalue weighted by molar-refractivity contribution is 0.586. The van der Waals surface area contributed by atoms with Gasteiger partial charge in [-0.2, -0.15) is 4.68 Å². The molecule has 1 aromatic heterocycles. The van der Waals surface area contributed by atoms with E-state index in [-0.39, 0.29) is 6.04 Å². The van der Waals surface area contributed by atoms with Gasteiger partial charge in [-0.15, -0.1) is 0 Å². The fourth-order valence-corrected chi connectivity index (χ4v) is 2.64. The van der Waals surface area contributed by atoms with E-state index in [9.17, 15) is 0 Å². The minimum absolute atomic E-state index is 0.0104. The van der Waals surface area contributed by atoms with E-state index in [0.717, 1.165) is 16.8 Å². The number of hydrogen-bond donors (Lipinski definition) is 1. The lowest BCUT2D eigenvalue weighted by Gasteiger charge is -2.23. The Morgan fingerprint density at radius 2 is 1.77 bits per heavy atom. The van der Waals surface area contributed by atoms with Crippen LogP contribution in [-0.2, 0) is 0 Å². The Balaban J connectivity index is 1.81. The SMILES string of the molecule is Cc1ccc(C2=CC(c3ccccc3)n3nnnc3N2)cc1. The average molecular weight is 289 g/mol. The maximum absolute atomic E-state index is 4.11. The minimum atomic E-state index is -0.0104. The van der Waals surface area contributed by atoms with Gasteiger partial charge in [0.05, 0.1) is 0 Å². The highest BCUT2D eigenvalue weighted by Crippen LogP contribution is 2.31. The molecule has 1 aliphatic rings. The van der Waals surface area contributed by atoms with Crippen LogP contribution in [0, 0.1) is 6.92 Å². The summed E-state index contributed by atoms with van der Waals surface area (Å²) in [6.45, 7) is 2.08. The summed E-state index contributed by atoms with van der Waals surface area (Å²) in [6, 6.07) is 18.7. The van der Waals surface area contributed by atoms with E-state index < -0.39 is 0 Å². The van der Waals surface area contributed by atoms with E-state index in [1.54, 1.807) is 4.68 Å². The van der Waals surface area contributed by atoms with Gasteiger partial charge in [0.25, 0.3) is 0 Å². The third-order valence-electron chi connectivity index (χ3n) is 3.83. The van der Waals surface area contributed by atoms with Crippen molar-refractivity contribution in [1.82, 2.24) is 20.2 Å². The molecule has 1 aliphatic heterocycles. The van der Waals surface area contributed by atoms with Gasteiger partial charge in [-0.05, 0) is 34.6 Å². The van der Waals surface area contributed by atoms with Gasteiger partial charge in [-0.1, -0.05) is 65.3 Å². The molecule has 2 heterocycles. The molecule has 0 radical (unpaired) electrons. The van der Waals surface area contributed by atoms with E-state index in [4.69, 9.17) is 0 Å². The number of fused-ring (bicyclic) bond motifs is 1. The van der Waals surface area contributed by atoms with Gasteiger partial charge < -0.3 is 5.32 Å². The van der Waals surface area contributed by atoms with Crippen molar-refractivity contribution in [3.8, 4) is 0 Å². The van der Waals surface area contributed by atoms with Crippen LogP contribution < -0.4 is 5.32 Å². The first-order valence-electron chi connectivity index (χ1n) is 7.20. The zero-order valence-corrected chi connectivity index (χ0v) is 12.1. The first-order valence-corrected chi connectivity index (χ1v) is 7.20. The summed E-state index contributed by atoms with van der Waals surface area (Å²) >= 11 is 0. The van der Waals surface area contributed by atoms with Crippen molar-refractivity contribution in [2.75, 3.05) is 5.32 Å². The predicted octanol–water partition coefficient (Wildman–Crippen LogP) is 3.04. The number of benzene rings is 2. The molecule has 3 aromatic rings. The first-order chi connectivity index (χ1) is 10.8. The third-order valence-corrected chi connectivity index (χ3v) is 3.83. The van der Waals surface area contributed by atoms with Gasteiger partial charge in [-0.3, -0.25) is 0 Å². The number of tetrazole rings is 1. The van der Waals surface area contributed by atoms with E-state index in [2.05, 4.69) is 70.2 Å². The average Bonchev–Trinajstić information content (AvgIpc) is 3.04. The van der Waals surface area contributed by atoms with Crippen molar-refractivity contribution in [2.45, 2.75) is 13.0 Å². The lowest BCUT2D eigenvalue weighted by Crippen LogP contribution is -2.20. The van der Waals surface area contributed by atoms with E-state index >= 15 is 0 Å². The molecule has 5 heteroatoms. The Bertz CT molecular complexity index is 818. The molecule has 0 amide bonds. The van der Waals surface area contributed by atoms with Gasteiger partial charge in [0.15, 0.2) is 0 Å². The fourth-order valence-electron chi connectivity index (χ4n) is 2.64. The molecule has 0 bridgehead atoms. The summed E-state index contributed by atoms with van der Waals surface area (Å²) in [6.07, 6.45) is 2.16. The molecule has 0 spiro atoms. The molecular formula is C17H15N5. The number of aryl methyl sites for hydroxylation is 1. The van der Waals surface area contributed by atoms with Crippen LogP contribution in [0.1, 0.15) is 22.7 Å². The lowest BCUT2D eigenvalue weighted by atomic mass is 10.0. The van der Waals surface area contributed by atoms with Crippen LogP contribution in [0.5, 0.6) is 0 Å². The van der Waals surface area contributed by atoms with E-state index in [0.29, 0.717) is 5.95 Å². The smallest absolute Gasteiger partial charge is 0.248 e. The first kappa shape index (κ1) is 12.8. The summed E-state index contributed by atoms with van der Waals surface area (Å²) in [7, 11) is 0. The molecule has 5 nitrogen and oxygen atoms in total. The molecule has 1 N–H and O–H groups in total. The minimum Gasteiger partial charge on any atom is -0.323 e. The predicted molar refractivity (Wildman–Crippen MR) is 85.2 cm³/mol. The second-order valence-electron chi connectivity index (χ2n) is 5.37. The molecular weight excluding hydrogens is 274 g/mol. The number of rotatable bonds is 2. The number of nitrogens with one attached hydrogen (secondary N) is 1. The molecule has 0 fully saturated rings. The second-order valence-corrected chi connectivity index (χ2v) is 5.37. The third kappa shape index (κ3) is 2.16. The van der Waals surface area contributed by atoms with Crippen molar-refractivity contribution in [1.29, 1.82) is 0 Å². The van der Waals surface area contributed by atoms with Gasteiger partial charge in [-0.25, -0.2) is 0 Å². The van der Waals surface area contributed by atoms with E-state index in [1.807, 2.05) is 18.2 Å². The van der Waals surface area contributed by atoms with Gasteiger partial charge in [0.2, 0.25) is 5.95 Å². The molecule has 0 saturated carbocycles. The zero-order valence-electron chi connectivity index (χ0n) is 12.1. The second kappa shape index (κ2) is 5.11. The molecule has 22 heavy (non-hydrogen) atoms.